The van der Waals surface area contributed by atoms with Crippen LogP contribution in [0.5, 0.6) is 0 Å². The van der Waals surface area contributed by atoms with Crippen molar-refractivity contribution in [2.45, 2.75) is 0 Å². The molecule has 3 aromatic rings. The third-order valence-corrected chi connectivity index (χ3v) is 5.94. The molecule has 0 aliphatic carbocycles. The van der Waals surface area contributed by atoms with Gasteiger partial charge in [0.05, 0.1) is 0 Å². The maximum absolute atomic E-state index is 4.70. The van der Waals surface area contributed by atoms with E-state index in [9.17, 15) is 0 Å². The number of hydrogen-bond acceptors (Lipinski definition) is 1. The molecule has 0 fully saturated rings. The molecule has 0 aliphatic heterocycles. The van der Waals surface area contributed by atoms with Crippen LogP contribution in [0.4, 0.5) is 0 Å². The van der Waals surface area contributed by atoms with Gasteiger partial charge >= 0.3 is 128 Å². The fourth-order valence-electron chi connectivity index (χ4n) is 1.57. The largest absolute Gasteiger partial charge is 1.00 e. The number of aromatic nitrogens is 1. The number of benzene rings is 2. The van der Waals surface area contributed by atoms with Crippen molar-refractivity contribution in [3.05, 3.63) is 43.5 Å². The molecular formula is C12H8I3NOSe. The first-order chi connectivity index (χ1) is 7.72. The van der Waals surface area contributed by atoms with Crippen LogP contribution >= 0.6 is 45.2 Å². The fraction of sp³-hybridized carbons (Fsp3) is 0. The summed E-state index contributed by atoms with van der Waals surface area (Å²) in [5.41, 5.74) is 2.29. The van der Waals surface area contributed by atoms with Crippen LogP contribution in [0.2, 0.25) is 0 Å². The van der Waals surface area contributed by atoms with Crippen molar-refractivity contribution in [3.8, 4) is 0 Å². The molecule has 2 N–H and O–H groups in total. The molecule has 0 aliphatic rings. The van der Waals surface area contributed by atoms with E-state index in [0.717, 1.165) is 11.0 Å². The van der Waals surface area contributed by atoms with Gasteiger partial charge in [-0.3, -0.25) is 0 Å². The van der Waals surface area contributed by atoms with Crippen LogP contribution in [0.15, 0.2) is 36.4 Å². The number of hydrogen-bond donors (Lipinski definition) is 0. The van der Waals surface area contributed by atoms with Crippen molar-refractivity contribution < 1.29 is 29.5 Å². The van der Waals surface area contributed by atoms with Gasteiger partial charge in [-0.05, 0) is 0 Å². The molecule has 6 heteroatoms. The topological polar surface area (TPSA) is 44.4 Å². The Morgan fingerprint density at radius 3 is 1.72 bits per heavy atom. The van der Waals surface area contributed by atoms with Crippen molar-refractivity contribution in [1.29, 1.82) is 0 Å². The number of fused-ring (bicyclic) bond motifs is 2. The van der Waals surface area contributed by atoms with Crippen molar-refractivity contribution in [2.24, 2.45) is 0 Å². The molecule has 0 bridgehead atoms. The van der Waals surface area contributed by atoms with Crippen LogP contribution < -0.4 is 24.0 Å². The third kappa shape index (κ3) is 3.51. The molecule has 3 rings (SSSR count). The van der Waals surface area contributed by atoms with Crippen LogP contribution in [0.1, 0.15) is 0 Å². The molecule has 2 aromatic carbocycles. The molecular weight excluding hydrogens is 634 g/mol. The fourth-order valence-corrected chi connectivity index (χ4v) is 5.70. The van der Waals surface area contributed by atoms with Crippen LogP contribution in [0, 0.1) is 7.14 Å². The van der Waals surface area contributed by atoms with Gasteiger partial charge in [0.25, 0.3) is 0 Å². The second-order valence-corrected chi connectivity index (χ2v) is 8.20. The molecule has 0 amide bonds. The molecule has 18 heavy (non-hydrogen) atoms. The van der Waals surface area contributed by atoms with Crippen LogP contribution in [0.25, 0.3) is 19.6 Å². The van der Waals surface area contributed by atoms with Gasteiger partial charge in [-0.15, -0.1) is 0 Å². The maximum Gasteiger partial charge on any atom is -0.412 e. The summed E-state index contributed by atoms with van der Waals surface area (Å²) >= 11 is 5.12. The average Bonchev–Trinajstić information content (AvgIpc) is 2.26. The van der Waals surface area contributed by atoms with E-state index >= 15 is 0 Å². The maximum atomic E-state index is 4.70. The monoisotopic (exact) mass is 643 g/mol. The van der Waals surface area contributed by atoms with E-state index in [1.54, 1.807) is 0 Å². The van der Waals surface area contributed by atoms with E-state index in [1.807, 2.05) is 0 Å². The molecule has 1 heterocycles. The van der Waals surface area contributed by atoms with E-state index in [-0.39, 0.29) is 29.5 Å². The van der Waals surface area contributed by atoms with E-state index in [0.29, 0.717) is 14.5 Å². The minimum Gasteiger partial charge on any atom is -1.00 e. The van der Waals surface area contributed by atoms with Crippen LogP contribution in [-0.2, 0) is 0 Å². The van der Waals surface area contributed by atoms with Gasteiger partial charge in [0.2, 0.25) is 0 Å². The minimum atomic E-state index is 0. The van der Waals surface area contributed by atoms with Crippen LogP contribution in [-0.4, -0.2) is 25.0 Å². The molecule has 0 atom stereocenters. The molecule has 0 saturated carbocycles. The standard InChI is InChI=1S/C12H6I2NSe.HI.H2O/c13-7-1-3-9-11(5-7)16-12-6-8(14)2-4-10(12)15-9;;/h1-6H;1H;1H2/q+1;;/p-1. The zero-order valence-electron chi connectivity index (χ0n) is 8.95. The van der Waals surface area contributed by atoms with Gasteiger partial charge in [-0.25, -0.2) is 0 Å². The molecule has 0 saturated heterocycles. The Labute approximate surface area is 155 Å². The van der Waals surface area contributed by atoms with Gasteiger partial charge in [0, 0.05) is 0 Å². The smallest absolute Gasteiger partial charge is 0.412 e. The summed E-state index contributed by atoms with van der Waals surface area (Å²) in [5.74, 6) is 0. The number of halogens is 3. The second kappa shape index (κ2) is 7.07. The van der Waals surface area contributed by atoms with Gasteiger partial charge in [-0.2, -0.15) is 0 Å². The predicted molar refractivity (Wildman–Crippen MR) is 89.6 cm³/mol. The summed E-state index contributed by atoms with van der Waals surface area (Å²) in [4.78, 5) is 4.70. The van der Waals surface area contributed by atoms with Gasteiger partial charge in [0.15, 0.2) is 0 Å². The first-order valence-electron chi connectivity index (χ1n) is 4.71. The Kier molecular flexibility index (Phi) is 6.66. The summed E-state index contributed by atoms with van der Waals surface area (Å²) < 4.78 is 5.38. The normalized spacial score (nSPS) is 9.89. The molecule has 0 unspecified atom stereocenters. The molecule has 0 spiro atoms. The Morgan fingerprint density at radius 1 is 0.833 bits per heavy atom. The summed E-state index contributed by atoms with van der Waals surface area (Å²) in [6.45, 7) is 0. The summed E-state index contributed by atoms with van der Waals surface area (Å²) in [6.07, 6.45) is 0. The molecule has 1 aromatic heterocycles. The van der Waals surface area contributed by atoms with E-state index in [2.05, 4.69) is 81.6 Å². The minimum absolute atomic E-state index is 0. The second-order valence-electron chi connectivity index (χ2n) is 3.44. The van der Waals surface area contributed by atoms with E-state index in [1.165, 1.54) is 15.7 Å². The average molecular weight is 642 g/mol. The van der Waals surface area contributed by atoms with Crippen molar-refractivity contribution in [2.75, 3.05) is 0 Å². The zero-order valence-corrected chi connectivity index (χ0v) is 17.1. The summed E-state index contributed by atoms with van der Waals surface area (Å²) in [5, 5.41) is 0. The Morgan fingerprint density at radius 2 is 1.28 bits per heavy atom. The Bertz CT molecular complexity index is 648. The van der Waals surface area contributed by atoms with Crippen molar-refractivity contribution in [1.82, 2.24) is 4.98 Å². The Hall–Kier alpha value is 0.909. The summed E-state index contributed by atoms with van der Waals surface area (Å²) in [6, 6.07) is 13.0. The first-order valence-corrected chi connectivity index (χ1v) is 8.58. The summed E-state index contributed by atoms with van der Waals surface area (Å²) in [7, 11) is 0. The van der Waals surface area contributed by atoms with Gasteiger partial charge in [-0.1, -0.05) is 0 Å². The SMILES string of the molecule is Ic1ccc2nc3ccc(I)cc3[se+]c2c1.O.[I-]. The van der Waals surface area contributed by atoms with Crippen molar-refractivity contribution >= 4 is 79.2 Å². The van der Waals surface area contributed by atoms with E-state index in [4.69, 9.17) is 4.98 Å². The molecule has 0 radical (unpaired) electrons. The van der Waals surface area contributed by atoms with E-state index < -0.39 is 0 Å². The van der Waals surface area contributed by atoms with Gasteiger partial charge in [0.1, 0.15) is 0 Å². The molecule has 94 valence electrons. The Balaban J connectivity index is 0.000000810. The number of nitrogens with zero attached hydrogens (tertiary/aromatic N) is 1. The van der Waals surface area contributed by atoms with Gasteiger partial charge < -0.3 is 29.5 Å². The number of rotatable bonds is 0. The van der Waals surface area contributed by atoms with Crippen LogP contribution in [0.3, 0.4) is 0 Å². The molecule has 2 nitrogen and oxygen atoms in total. The van der Waals surface area contributed by atoms with Crippen molar-refractivity contribution in [3.63, 3.8) is 0 Å². The third-order valence-electron chi connectivity index (χ3n) is 2.30. The predicted octanol–water partition coefficient (Wildman–Crippen LogP) is 0.115. The first kappa shape index (κ1) is 17.0. The quantitative estimate of drug-likeness (QED) is 0.196. The zero-order chi connectivity index (χ0) is 11.1.